The van der Waals surface area contributed by atoms with Gasteiger partial charge in [-0.2, -0.15) is 21.6 Å². The standard InChI is InChI=1S/C17H10Cl2F3NO5S2/c18-12-7-13(19)9-16(8-12)29(24,25)23-14-3-1-11-6-15(4-2-10(11)5-14)28-30(26,27)17(20,21)22/h1-9,23H. The molecule has 3 aromatic carbocycles. The highest BCUT2D eigenvalue weighted by Crippen LogP contribution is 2.30. The molecule has 0 fully saturated rings. The molecule has 3 aromatic rings. The highest BCUT2D eigenvalue weighted by molar-refractivity contribution is 7.92. The molecule has 0 saturated heterocycles. The van der Waals surface area contributed by atoms with Gasteiger partial charge in [-0.15, -0.1) is 0 Å². The maximum absolute atomic E-state index is 12.5. The Balaban J connectivity index is 1.89. The molecule has 1 N–H and O–H groups in total. The molecule has 3 rings (SSSR count). The van der Waals surface area contributed by atoms with Crippen LogP contribution < -0.4 is 8.91 Å². The molecule has 0 aliphatic carbocycles. The summed E-state index contributed by atoms with van der Waals surface area (Å²) < 4.78 is 91.0. The Labute approximate surface area is 179 Å². The summed E-state index contributed by atoms with van der Waals surface area (Å²) in [5.41, 5.74) is -5.41. The molecule has 0 aliphatic heterocycles. The molecule has 0 saturated carbocycles. The van der Waals surface area contributed by atoms with Crippen LogP contribution in [-0.2, 0) is 20.1 Å². The topological polar surface area (TPSA) is 89.5 Å². The second kappa shape index (κ2) is 7.80. The summed E-state index contributed by atoms with van der Waals surface area (Å²) in [7, 11) is -9.83. The molecule has 0 amide bonds. The number of rotatable bonds is 5. The molecule has 0 spiro atoms. The lowest BCUT2D eigenvalue weighted by molar-refractivity contribution is -0.0500. The van der Waals surface area contributed by atoms with Gasteiger partial charge in [-0.05, 0) is 53.2 Å². The number of fused-ring (bicyclic) bond motifs is 1. The normalized spacial score (nSPS) is 12.7. The zero-order valence-electron chi connectivity index (χ0n) is 14.4. The van der Waals surface area contributed by atoms with Gasteiger partial charge in [-0.3, -0.25) is 4.72 Å². The Morgan fingerprint density at radius 1 is 0.800 bits per heavy atom. The lowest BCUT2D eigenvalue weighted by Crippen LogP contribution is -2.28. The third-order valence-corrected chi connectivity index (χ3v) is 6.48. The Kier molecular flexibility index (Phi) is 5.84. The summed E-state index contributed by atoms with van der Waals surface area (Å²) in [6.07, 6.45) is 0. The van der Waals surface area contributed by atoms with E-state index in [1.807, 2.05) is 0 Å². The number of halogens is 5. The van der Waals surface area contributed by atoms with Crippen LogP contribution in [0.1, 0.15) is 0 Å². The summed E-state index contributed by atoms with van der Waals surface area (Å²) in [6, 6.07) is 11.3. The van der Waals surface area contributed by atoms with Gasteiger partial charge in [0.05, 0.1) is 4.90 Å². The minimum absolute atomic E-state index is 0.128. The van der Waals surface area contributed by atoms with E-state index in [-0.39, 0.29) is 20.6 Å². The maximum atomic E-state index is 12.5. The van der Waals surface area contributed by atoms with Gasteiger partial charge in [0.15, 0.2) is 0 Å². The second-order valence-corrected chi connectivity index (χ2v) is 10.0. The molecule has 160 valence electrons. The van der Waals surface area contributed by atoms with Crippen molar-refractivity contribution in [2.45, 2.75) is 10.4 Å². The van der Waals surface area contributed by atoms with Gasteiger partial charge in [0.2, 0.25) is 0 Å². The highest BCUT2D eigenvalue weighted by Gasteiger charge is 2.48. The fourth-order valence-corrected chi connectivity index (χ4v) is 4.64. The van der Waals surface area contributed by atoms with Crippen molar-refractivity contribution < 1.29 is 34.2 Å². The number of nitrogens with one attached hydrogen (secondary N) is 1. The van der Waals surface area contributed by atoms with Crippen molar-refractivity contribution in [2.24, 2.45) is 0 Å². The fourth-order valence-electron chi connectivity index (χ4n) is 2.41. The number of hydrogen-bond acceptors (Lipinski definition) is 5. The number of anilines is 1. The van der Waals surface area contributed by atoms with E-state index >= 15 is 0 Å². The molecule has 0 heterocycles. The van der Waals surface area contributed by atoms with Crippen LogP contribution in [-0.4, -0.2) is 22.3 Å². The van der Waals surface area contributed by atoms with Crippen molar-refractivity contribution in [1.29, 1.82) is 0 Å². The van der Waals surface area contributed by atoms with Crippen molar-refractivity contribution in [3.8, 4) is 5.75 Å². The molecule has 0 aromatic heterocycles. The van der Waals surface area contributed by atoms with E-state index < -0.39 is 31.4 Å². The number of benzene rings is 3. The Morgan fingerprint density at radius 2 is 1.37 bits per heavy atom. The van der Waals surface area contributed by atoms with Crippen LogP contribution >= 0.6 is 23.2 Å². The third-order valence-electron chi connectivity index (χ3n) is 3.70. The fraction of sp³-hybridized carbons (Fsp3) is 0.0588. The van der Waals surface area contributed by atoms with Gasteiger partial charge in [0.1, 0.15) is 5.75 Å². The van der Waals surface area contributed by atoms with Crippen molar-refractivity contribution in [3.63, 3.8) is 0 Å². The second-order valence-electron chi connectivity index (χ2n) is 5.92. The molecule has 0 bridgehead atoms. The van der Waals surface area contributed by atoms with E-state index in [1.165, 1.54) is 42.5 Å². The van der Waals surface area contributed by atoms with Crippen LogP contribution in [0, 0.1) is 0 Å². The van der Waals surface area contributed by atoms with Crippen LogP contribution in [0.3, 0.4) is 0 Å². The van der Waals surface area contributed by atoms with E-state index in [4.69, 9.17) is 23.2 Å². The first kappa shape index (κ1) is 22.5. The Hall–Kier alpha value is -2.21. The molecule has 0 aliphatic rings. The minimum atomic E-state index is -5.80. The monoisotopic (exact) mass is 499 g/mol. The largest absolute Gasteiger partial charge is 0.534 e. The summed E-state index contributed by atoms with van der Waals surface area (Å²) in [4.78, 5) is -0.166. The van der Waals surface area contributed by atoms with Crippen LogP contribution in [0.2, 0.25) is 10.0 Å². The van der Waals surface area contributed by atoms with Crippen LogP contribution in [0.25, 0.3) is 10.8 Å². The average molecular weight is 500 g/mol. The quantitative estimate of drug-likeness (QED) is 0.386. The van der Waals surface area contributed by atoms with Gasteiger partial charge >= 0.3 is 15.6 Å². The van der Waals surface area contributed by atoms with Gasteiger partial charge in [-0.25, -0.2) is 8.42 Å². The van der Waals surface area contributed by atoms with E-state index in [1.54, 1.807) is 0 Å². The lowest BCUT2D eigenvalue weighted by atomic mass is 10.1. The zero-order chi connectivity index (χ0) is 22.3. The van der Waals surface area contributed by atoms with E-state index in [9.17, 15) is 30.0 Å². The van der Waals surface area contributed by atoms with Crippen molar-refractivity contribution >= 4 is 59.8 Å². The van der Waals surface area contributed by atoms with E-state index in [2.05, 4.69) is 8.91 Å². The number of sulfonamides is 1. The van der Waals surface area contributed by atoms with Crippen LogP contribution in [0.5, 0.6) is 5.75 Å². The zero-order valence-corrected chi connectivity index (χ0v) is 17.6. The SMILES string of the molecule is O=S(=O)(Nc1ccc2cc(OS(=O)(=O)C(F)(F)F)ccc2c1)c1cc(Cl)cc(Cl)c1. The lowest BCUT2D eigenvalue weighted by Gasteiger charge is -2.11. The number of alkyl halides is 3. The molecular formula is C17H10Cl2F3NO5S2. The predicted molar refractivity (Wildman–Crippen MR) is 107 cm³/mol. The first-order valence-electron chi connectivity index (χ1n) is 7.80. The highest BCUT2D eigenvalue weighted by atomic mass is 35.5. The van der Waals surface area contributed by atoms with Crippen molar-refractivity contribution in [3.05, 3.63) is 64.6 Å². The molecular weight excluding hydrogens is 490 g/mol. The summed E-state index contributed by atoms with van der Waals surface area (Å²) >= 11 is 11.6. The minimum Gasteiger partial charge on any atom is -0.376 e. The van der Waals surface area contributed by atoms with Crippen molar-refractivity contribution in [1.82, 2.24) is 0 Å². The molecule has 30 heavy (non-hydrogen) atoms. The molecule has 6 nitrogen and oxygen atoms in total. The first-order chi connectivity index (χ1) is 13.8. The maximum Gasteiger partial charge on any atom is 0.534 e. The summed E-state index contributed by atoms with van der Waals surface area (Å²) in [5.74, 6) is -0.540. The Bertz CT molecular complexity index is 1320. The van der Waals surface area contributed by atoms with Gasteiger partial charge in [0.25, 0.3) is 10.0 Å². The number of hydrogen-bond donors (Lipinski definition) is 1. The van der Waals surface area contributed by atoms with Gasteiger partial charge in [0, 0.05) is 15.7 Å². The summed E-state index contributed by atoms with van der Waals surface area (Å²) in [6.45, 7) is 0. The van der Waals surface area contributed by atoms with Crippen LogP contribution in [0.15, 0.2) is 59.5 Å². The van der Waals surface area contributed by atoms with E-state index in [0.717, 1.165) is 12.1 Å². The van der Waals surface area contributed by atoms with Gasteiger partial charge < -0.3 is 4.18 Å². The van der Waals surface area contributed by atoms with Gasteiger partial charge in [-0.1, -0.05) is 35.3 Å². The third kappa shape index (κ3) is 4.91. The first-order valence-corrected chi connectivity index (χ1v) is 11.5. The average Bonchev–Trinajstić information content (AvgIpc) is 2.59. The molecule has 0 unspecified atom stereocenters. The predicted octanol–water partition coefficient (Wildman–Crippen LogP) is 5.18. The smallest absolute Gasteiger partial charge is 0.376 e. The summed E-state index contributed by atoms with van der Waals surface area (Å²) in [5, 5.41) is 0.986. The molecule has 0 radical (unpaired) electrons. The molecule has 0 atom stereocenters. The van der Waals surface area contributed by atoms with Crippen molar-refractivity contribution in [2.75, 3.05) is 4.72 Å². The van der Waals surface area contributed by atoms with Crippen LogP contribution in [0.4, 0.5) is 18.9 Å². The van der Waals surface area contributed by atoms with E-state index in [0.29, 0.717) is 10.8 Å². The molecule has 13 heteroatoms. The Morgan fingerprint density at radius 3 is 1.97 bits per heavy atom.